The van der Waals surface area contributed by atoms with Gasteiger partial charge < -0.3 is 16.0 Å². The monoisotopic (exact) mass is 426 g/mol. The molecule has 3 N–H and O–H groups in total. The fourth-order valence-corrected chi connectivity index (χ4v) is 3.57. The van der Waals surface area contributed by atoms with Gasteiger partial charge in [-0.2, -0.15) is 0 Å². The van der Waals surface area contributed by atoms with Gasteiger partial charge in [-0.25, -0.2) is 9.18 Å². The number of hydrogen-bond acceptors (Lipinski definition) is 4. The normalized spacial score (nSPS) is 19.2. The van der Waals surface area contributed by atoms with Gasteiger partial charge in [-0.05, 0) is 37.1 Å². The van der Waals surface area contributed by atoms with Crippen LogP contribution in [0.15, 0.2) is 48.5 Å². The minimum absolute atomic E-state index is 0.185. The van der Waals surface area contributed by atoms with Gasteiger partial charge in [0.15, 0.2) is 0 Å². The van der Waals surface area contributed by atoms with Crippen molar-refractivity contribution in [2.45, 2.75) is 25.4 Å². The van der Waals surface area contributed by atoms with Crippen LogP contribution in [0.4, 0.5) is 9.18 Å². The van der Waals surface area contributed by atoms with Crippen LogP contribution in [0.2, 0.25) is 0 Å². The molecule has 3 rings (SSSR count). The second kappa shape index (κ2) is 8.17. The van der Waals surface area contributed by atoms with Crippen LogP contribution in [-0.4, -0.2) is 47.1 Å². The van der Waals surface area contributed by atoms with Crippen molar-refractivity contribution in [1.29, 1.82) is 0 Å². The fraction of sp³-hybridized carbons (Fsp3) is 0.273. The van der Waals surface area contributed by atoms with Crippen LogP contribution >= 0.6 is 0 Å². The highest BCUT2D eigenvalue weighted by atomic mass is 19.1. The zero-order chi connectivity index (χ0) is 22.9. The first-order chi connectivity index (χ1) is 14.5. The van der Waals surface area contributed by atoms with Gasteiger partial charge in [-0.15, -0.1) is 0 Å². The van der Waals surface area contributed by atoms with Gasteiger partial charge in [0.05, 0.1) is 0 Å². The van der Waals surface area contributed by atoms with Gasteiger partial charge in [0.25, 0.3) is 5.91 Å². The van der Waals surface area contributed by atoms with Gasteiger partial charge in [0, 0.05) is 7.05 Å². The molecule has 1 heterocycles. The van der Waals surface area contributed by atoms with E-state index in [9.17, 15) is 23.6 Å². The molecule has 2 unspecified atom stereocenters. The Hall–Kier alpha value is -3.75. The molecular weight excluding hydrogens is 403 g/mol. The maximum absolute atomic E-state index is 13.6. The Kier molecular flexibility index (Phi) is 5.79. The number of nitrogens with two attached hydrogens (primary N) is 1. The highest BCUT2D eigenvalue weighted by Crippen LogP contribution is 2.29. The molecule has 1 saturated heterocycles. The van der Waals surface area contributed by atoms with Crippen molar-refractivity contribution in [2.24, 2.45) is 5.73 Å². The summed E-state index contributed by atoms with van der Waals surface area (Å²) in [4.78, 5) is 52.1. The first-order valence-corrected chi connectivity index (χ1v) is 9.56. The van der Waals surface area contributed by atoms with Crippen LogP contribution < -0.4 is 11.1 Å². The predicted molar refractivity (Wildman–Crippen MR) is 110 cm³/mol. The molecule has 2 atom stereocenters. The quantitative estimate of drug-likeness (QED) is 0.683. The largest absolute Gasteiger partial charge is 0.368 e. The van der Waals surface area contributed by atoms with Gasteiger partial charge >= 0.3 is 6.03 Å². The predicted octanol–water partition coefficient (Wildman–Crippen LogP) is 1.59. The number of benzene rings is 2. The molecule has 2 aromatic rings. The molecule has 2 aromatic carbocycles. The number of amides is 5. The molecule has 1 aliphatic rings. The molecule has 5 amide bonds. The SMILES string of the molecule is Cc1ccc(C2(C)NC(=O)N(CC(=O)N(C)C(C(N)=O)c3cccc(F)c3)C2=O)cc1. The van der Waals surface area contributed by atoms with E-state index in [0.717, 1.165) is 21.4 Å². The number of carbonyl (C=O) groups is 4. The number of urea groups is 1. The molecule has 8 nitrogen and oxygen atoms in total. The van der Waals surface area contributed by atoms with Crippen molar-refractivity contribution in [3.8, 4) is 0 Å². The highest BCUT2D eigenvalue weighted by Gasteiger charge is 2.49. The Bertz CT molecular complexity index is 1060. The molecule has 9 heteroatoms. The maximum Gasteiger partial charge on any atom is 0.325 e. The van der Waals surface area contributed by atoms with Gasteiger partial charge in [-0.3, -0.25) is 19.3 Å². The maximum atomic E-state index is 13.6. The number of primary amides is 1. The van der Waals surface area contributed by atoms with Crippen LogP contribution in [0, 0.1) is 12.7 Å². The topological polar surface area (TPSA) is 113 Å². The van der Waals surface area contributed by atoms with Crippen molar-refractivity contribution in [2.75, 3.05) is 13.6 Å². The number of rotatable bonds is 6. The minimum atomic E-state index is -1.32. The van der Waals surface area contributed by atoms with Crippen LogP contribution in [-0.2, 0) is 19.9 Å². The van der Waals surface area contributed by atoms with E-state index in [1.807, 2.05) is 19.1 Å². The first kappa shape index (κ1) is 21.9. The third-order valence-electron chi connectivity index (χ3n) is 5.41. The summed E-state index contributed by atoms with van der Waals surface area (Å²) in [6.07, 6.45) is 0. The lowest BCUT2D eigenvalue weighted by molar-refractivity contribution is -0.141. The van der Waals surface area contributed by atoms with E-state index in [-0.39, 0.29) is 5.56 Å². The minimum Gasteiger partial charge on any atom is -0.368 e. The van der Waals surface area contributed by atoms with E-state index < -0.39 is 47.7 Å². The molecule has 0 spiro atoms. The number of aryl methyl sites for hydroxylation is 1. The van der Waals surface area contributed by atoms with E-state index in [1.165, 1.54) is 25.2 Å². The molecule has 1 aliphatic heterocycles. The molecule has 0 bridgehead atoms. The van der Waals surface area contributed by atoms with Crippen LogP contribution in [0.3, 0.4) is 0 Å². The summed E-state index contributed by atoms with van der Waals surface area (Å²) in [5.41, 5.74) is 5.87. The van der Waals surface area contributed by atoms with Gasteiger partial charge in [-0.1, -0.05) is 42.0 Å². The zero-order valence-corrected chi connectivity index (χ0v) is 17.4. The summed E-state index contributed by atoms with van der Waals surface area (Å²) in [5, 5.41) is 2.63. The van der Waals surface area contributed by atoms with Crippen LogP contribution in [0.5, 0.6) is 0 Å². The van der Waals surface area contributed by atoms with E-state index in [4.69, 9.17) is 5.73 Å². The first-order valence-electron chi connectivity index (χ1n) is 9.56. The van der Waals surface area contributed by atoms with Crippen molar-refractivity contribution in [3.63, 3.8) is 0 Å². The second-order valence-electron chi connectivity index (χ2n) is 7.68. The fourth-order valence-electron chi connectivity index (χ4n) is 3.57. The molecule has 0 radical (unpaired) electrons. The van der Waals surface area contributed by atoms with Gasteiger partial charge in [0.2, 0.25) is 11.8 Å². The van der Waals surface area contributed by atoms with Crippen molar-refractivity contribution < 1.29 is 23.6 Å². The lowest BCUT2D eigenvalue weighted by Crippen LogP contribution is -2.46. The summed E-state index contributed by atoms with van der Waals surface area (Å²) < 4.78 is 13.6. The third-order valence-corrected chi connectivity index (χ3v) is 5.41. The van der Waals surface area contributed by atoms with Crippen molar-refractivity contribution >= 4 is 23.8 Å². The number of imide groups is 1. The molecule has 0 saturated carbocycles. The van der Waals surface area contributed by atoms with E-state index in [1.54, 1.807) is 19.1 Å². The molecular formula is C22H23FN4O4. The Labute approximate surface area is 178 Å². The molecule has 31 heavy (non-hydrogen) atoms. The zero-order valence-electron chi connectivity index (χ0n) is 17.4. The number of nitrogens with one attached hydrogen (secondary N) is 1. The number of nitrogens with zero attached hydrogens (tertiary/aromatic N) is 2. The summed E-state index contributed by atoms with van der Waals surface area (Å²) in [6, 6.07) is 10.3. The van der Waals surface area contributed by atoms with Crippen LogP contribution in [0.25, 0.3) is 0 Å². The Balaban J connectivity index is 1.81. The van der Waals surface area contributed by atoms with Crippen molar-refractivity contribution in [3.05, 3.63) is 71.0 Å². The Morgan fingerprint density at radius 3 is 2.42 bits per heavy atom. The van der Waals surface area contributed by atoms with E-state index >= 15 is 0 Å². The Morgan fingerprint density at radius 1 is 1.19 bits per heavy atom. The summed E-state index contributed by atoms with van der Waals surface area (Å²) in [5.74, 6) is -2.76. The van der Waals surface area contributed by atoms with Crippen LogP contribution in [0.1, 0.15) is 29.7 Å². The summed E-state index contributed by atoms with van der Waals surface area (Å²) >= 11 is 0. The third kappa shape index (κ3) is 4.11. The molecule has 0 aromatic heterocycles. The number of halogens is 1. The number of likely N-dealkylation sites (N-methyl/N-ethyl adjacent to an activating group) is 1. The highest BCUT2D eigenvalue weighted by molar-refractivity contribution is 6.09. The lowest BCUT2D eigenvalue weighted by Gasteiger charge is -2.28. The number of carbonyl (C=O) groups excluding carboxylic acids is 4. The Morgan fingerprint density at radius 2 is 1.84 bits per heavy atom. The average Bonchev–Trinajstić information content (AvgIpc) is 2.92. The molecule has 0 aliphatic carbocycles. The second-order valence-corrected chi connectivity index (χ2v) is 7.68. The van der Waals surface area contributed by atoms with E-state index in [0.29, 0.717) is 5.56 Å². The number of hydrogen-bond donors (Lipinski definition) is 2. The standard InChI is InChI=1S/C22H23FN4O4/c1-13-7-9-15(10-8-13)22(2)20(30)27(21(31)25-22)12-17(28)26(3)18(19(24)29)14-5-4-6-16(23)11-14/h4-11,18H,12H2,1-3H3,(H2,24,29)(H,25,31). The van der Waals surface area contributed by atoms with Crippen molar-refractivity contribution in [1.82, 2.24) is 15.1 Å². The molecule has 162 valence electrons. The smallest absolute Gasteiger partial charge is 0.325 e. The average molecular weight is 426 g/mol. The van der Waals surface area contributed by atoms with E-state index in [2.05, 4.69) is 5.32 Å². The summed E-state index contributed by atoms with van der Waals surface area (Å²) in [6.45, 7) is 2.86. The van der Waals surface area contributed by atoms with Gasteiger partial charge in [0.1, 0.15) is 23.9 Å². The molecule has 1 fully saturated rings. The summed E-state index contributed by atoms with van der Waals surface area (Å²) in [7, 11) is 1.31. The lowest BCUT2D eigenvalue weighted by atomic mass is 9.91.